The molecule has 30 heavy (non-hydrogen) atoms. The molecule has 0 unspecified atom stereocenters. The fourth-order valence-electron chi connectivity index (χ4n) is 3.62. The number of rotatable bonds is 5. The van der Waals surface area contributed by atoms with Gasteiger partial charge in [0.25, 0.3) is 0 Å². The van der Waals surface area contributed by atoms with Crippen LogP contribution in [-0.4, -0.2) is 43.2 Å². The maximum Gasteiger partial charge on any atom is 0.246 e. The van der Waals surface area contributed by atoms with Crippen LogP contribution in [0.4, 0.5) is 26.0 Å². The van der Waals surface area contributed by atoms with Crippen molar-refractivity contribution < 1.29 is 18.3 Å². The Labute approximate surface area is 176 Å². The highest BCUT2D eigenvalue weighted by atomic mass is 19.2. The molecule has 1 aromatic heterocycles. The number of halogens is 2. The van der Waals surface area contributed by atoms with Gasteiger partial charge in [0.05, 0.1) is 24.1 Å². The number of pyridine rings is 1. The Balaban J connectivity index is 0.00000160. The summed E-state index contributed by atoms with van der Waals surface area (Å²) in [5.41, 5.74) is 1.79. The van der Waals surface area contributed by atoms with E-state index in [2.05, 4.69) is 10.3 Å². The third-order valence-electron chi connectivity index (χ3n) is 5.19. The Bertz CT molecular complexity index is 903. The highest BCUT2D eigenvalue weighted by Crippen LogP contribution is 2.35. The Morgan fingerprint density at radius 2 is 1.90 bits per heavy atom. The molecule has 4 rings (SSSR count). The zero-order valence-electron chi connectivity index (χ0n) is 15.8. The lowest BCUT2D eigenvalue weighted by Crippen LogP contribution is -2.44. The quantitative estimate of drug-likeness (QED) is 0.774. The molecule has 1 N–H and O–H groups in total. The van der Waals surface area contributed by atoms with Gasteiger partial charge in [-0.15, -0.1) is 0 Å². The first-order valence-electron chi connectivity index (χ1n) is 9.34. The zero-order chi connectivity index (χ0) is 19.8. The van der Waals surface area contributed by atoms with Crippen LogP contribution in [0.15, 0.2) is 30.5 Å². The molecule has 0 bridgehead atoms. The molecule has 1 saturated carbocycles. The lowest BCUT2D eigenvalue weighted by Gasteiger charge is -2.37. The van der Waals surface area contributed by atoms with Crippen LogP contribution < -0.4 is 19.9 Å². The summed E-state index contributed by atoms with van der Waals surface area (Å²) in [7, 11) is 1.89. The van der Waals surface area contributed by atoms with Crippen molar-refractivity contribution >= 4 is 23.1 Å². The predicted molar refractivity (Wildman–Crippen MR) is 116 cm³/mol. The van der Waals surface area contributed by atoms with Crippen molar-refractivity contribution in [1.29, 1.82) is 0 Å². The topological polar surface area (TPSA) is 57.7 Å². The van der Waals surface area contributed by atoms with Crippen molar-refractivity contribution in [3.05, 3.63) is 42.1 Å². The van der Waals surface area contributed by atoms with Crippen LogP contribution in [0.25, 0.3) is 0 Å². The fraction of sp³-hybridized carbons (Fsp3) is 0.455. The number of fused-ring (bicyclic) bond motifs is 1. The van der Waals surface area contributed by atoms with Gasteiger partial charge in [0.15, 0.2) is 11.6 Å². The van der Waals surface area contributed by atoms with Crippen LogP contribution in [0.5, 0.6) is 5.75 Å². The Morgan fingerprint density at radius 3 is 2.57 bits per heavy atom. The minimum absolute atomic E-state index is 0. The van der Waals surface area contributed by atoms with Crippen molar-refractivity contribution in [2.75, 3.05) is 35.3 Å². The molecule has 0 spiro atoms. The number of likely N-dealkylation sites (N-methyl/N-ethyl adjacent to an activating group) is 2. The molecule has 0 saturated heterocycles. The number of nitrogens with zero attached hydrogens (tertiary/aromatic N) is 3. The maximum atomic E-state index is 13.3. The van der Waals surface area contributed by atoms with E-state index in [4.69, 9.17) is 4.74 Å². The number of hydrogen-bond donors (Lipinski definition) is 1. The number of hydrogen-bond acceptors (Lipinski definition) is 5. The number of nitrogens with one attached hydrogen (secondary N) is 1. The molecule has 0 atom stereocenters. The standard InChI is InChI=1S/C20H22F2N4O2.2CH4/c1-3-26-18-10-23-19(9-17(18)25(2)11-20(26)27)24-12-6-14(7-12)28-13-4-5-15(21)16(22)8-13;;/h4-5,8-10,12,14H,3,6-7,11H2,1-2H3,(H,23,24);2*1H4. The van der Waals surface area contributed by atoms with Gasteiger partial charge in [0, 0.05) is 44.6 Å². The minimum Gasteiger partial charge on any atom is -0.490 e. The third-order valence-corrected chi connectivity index (χ3v) is 5.19. The van der Waals surface area contributed by atoms with Crippen molar-refractivity contribution in [3.63, 3.8) is 0 Å². The molecule has 2 aliphatic rings. The van der Waals surface area contributed by atoms with Crippen LogP contribution >= 0.6 is 0 Å². The van der Waals surface area contributed by atoms with Gasteiger partial charge in [0.2, 0.25) is 5.91 Å². The average Bonchev–Trinajstić information content (AvgIpc) is 2.63. The number of ether oxygens (including phenoxy) is 1. The zero-order valence-corrected chi connectivity index (χ0v) is 15.8. The van der Waals surface area contributed by atoms with Gasteiger partial charge >= 0.3 is 0 Å². The second-order valence-electron chi connectivity index (χ2n) is 7.18. The van der Waals surface area contributed by atoms with E-state index in [9.17, 15) is 13.6 Å². The third kappa shape index (κ3) is 4.47. The molecule has 1 fully saturated rings. The molecule has 2 aromatic rings. The highest BCUT2D eigenvalue weighted by molar-refractivity contribution is 6.03. The SMILES string of the molecule is C.C.CCN1C(=O)CN(C)c2cc(NC3CC(Oc4ccc(F)c(F)c4)C3)ncc21. The number of amides is 1. The normalized spacial score (nSPS) is 19.8. The van der Waals surface area contributed by atoms with Gasteiger partial charge in [0.1, 0.15) is 17.7 Å². The van der Waals surface area contributed by atoms with Crippen molar-refractivity contribution in [2.45, 2.75) is 46.8 Å². The van der Waals surface area contributed by atoms with Crippen LogP contribution in [0.1, 0.15) is 34.6 Å². The number of anilines is 3. The molecule has 8 heteroatoms. The molecule has 164 valence electrons. The van der Waals surface area contributed by atoms with Crippen molar-refractivity contribution in [2.24, 2.45) is 0 Å². The maximum absolute atomic E-state index is 13.3. The van der Waals surface area contributed by atoms with Crippen LogP contribution in [0.3, 0.4) is 0 Å². The summed E-state index contributed by atoms with van der Waals surface area (Å²) in [6.45, 7) is 2.90. The molecule has 1 aliphatic carbocycles. The van der Waals surface area contributed by atoms with Gasteiger partial charge in [-0.3, -0.25) is 4.79 Å². The summed E-state index contributed by atoms with van der Waals surface area (Å²) in [5, 5.41) is 3.37. The Kier molecular flexibility index (Phi) is 7.23. The molecule has 1 amide bonds. The molecule has 6 nitrogen and oxygen atoms in total. The summed E-state index contributed by atoms with van der Waals surface area (Å²) in [4.78, 5) is 20.2. The summed E-state index contributed by atoms with van der Waals surface area (Å²) >= 11 is 0. The molecule has 0 radical (unpaired) electrons. The monoisotopic (exact) mass is 420 g/mol. The predicted octanol–water partition coefficient (Wildman–Crippen LogP) is 4.46. The summed E-state index contributed by atoms with van der Waals surface area (Å²) in [5.74, 6) is -0.649. The number of benzene rings is 1. The molecule has 1 aromatic carbocycles. The molecular weight excluding hydrogens is 390 g/mol. The van der Waals surface area contributed by atoms with E-state index in [0.717, 1.165) is 42.2 Å². The first-order chi connectivity index (χ1) is 13.4. The number of carbonyl (C=O) groups is 1. The lowest BCUT2D eigenvalue weighted by atomic mass is 9.89. The van der Waals surface area contributed by atoms with Crippen molar-refractivity contribution in [1.82, 2.24) is 4.98 Å². The van der Waals surface area contributed by atoms with Gasteiger partial charge in [-0.1, -0.05) is 14.9 Å². The summed E-state index contributed by atoms with van der Waals surface area (Å²) < 4.78 is 31.9. The van der Waals surface area contributed by atoms with Gasteiger partial charge in [-0.25, -0.2) is 13.8 Å². The number of aromatic nitrogens is 1. The molecule has 1 aliphatic heterocycles. The average molecular weight is 421 g/mol. The first-order valence-corrected chi connectivity index (χ1v) is 9.34. The van der Waals surface area contributed by atoms with E-state index < -0.39 is 11.6 Å². The number of carbonyl (C=O) groups excluding carboxylic acids is 1. The van der Waals surface area contributed by atoms with Gasteiger partial charge in [-0.2, -0.15) is 0 Å². The summed E-state index contributed by atoms with van der Waals surface area (Å²) in [6, 6.07) is 5.71. The first kappa shape index (κ1) is 23.4. The lowest BCUT2D eigenvalue weighted by molar-refractivity contribution is -0.117. The summed E-state index contributed by atoms with van der Waals surface area (Å²) in [6.07, 6.45) is 3.17. The Hall–Kier alpha value is -2.90. The molecule has 2 heterocycles. The molecular formula is C22H30F2N4O2. The highest BCUT2D eigenvalue weighted by Gasteiger charge is 2.32. The second kappa shape index (κ2) is 9.28. The van der Waals surface area contributed by atoms with E-state index in [-0.39, 0.29) is 32.9 Å². The largest absolute Gasteiger partial charge is 0.490 e. The van der Waals surface area contributed by atoms with Crippen molar-refractivity contribution in [3.8, 4) is 5.75 Å². The van der Waals surface area contributed by atoms with E-state index in [1.54, 1.807) is 11.1 Å². The van der Waals surface area contributed by atoms with E-state index in [1.165, 1.54) is 6.07 Å². The Morgan fingerprint density at radius 1 is 1.17 bits per heavy atom. The van der Waals surface area contributed by atoms with Gasteiger partial charge < -0.3 is 19.9 Å². The second-order valence-corrected chi connectivity index (χ2v) is 7.18. The minimum atomic E-state index is -0.909. The van der Waals surface area contributed by atoms with Crippen LogP contribution in [0, 0.1) is 11.6 Å². The van der Waals surface area contributed by atoms with Crippen LogP contribution in [-0.2, 0) is 4.79 Å². The van der Waals surface area contributed by atoms with Gasteiger partial charge in [-0.05, 0) is 19.1 Å². The van der Waals surface area contributed by atoms with E-state index in [1.807, 2.05) is 24.9 Å². The van der Waals surface area contributed by atoms with E-state index >= 15 is 0 Å². The fourth-order valence-corrected chi connectivity index (χ4v) is 3.62. The van der Waals surface area contributed by atoms with Crippen LogP contribution in [0.2, 0.25) is 0 Å². The smallest absolute Gasteiger partial charge is 0.246 e. The van der Waals surface area contributed by atoms with E-state index in [0.29, 0.717) is 18.8 Å².